The lowest BCUT2D eigenvalue weighted by atomic mass is 9.97. The maximum absolute atomic E-state index is 12.9. The zero-order chi connectivity index (χ0) is 23.2. The fourth-order valence-electron chi connectivity index (χ4n) is 4.69. The van der Waals surface area contributed by atoms with Gasteiger partial charge in [-0.1, -0.05) is 24.3 Å². The van der Waals surface area contributed by atoms with Crippen LogP contribution in [0.25, 0.3) is 11.1 Å². The van der Waals surface area contributed by atoms with Gasteiger partial charge in [-0.25, -0.2) is 0 Å². The normalized spacial score (nSPS) is 18.4. The number of hydrogen-bond donors (Lipinski definition) is 0. The molecule has 2 heterocycles. The van der Waals surface area contributed by atoms with Gasteiger partial charge < -0.3 is 9.80 Å². The van der Waals surface area contributed by atoms with Crippen molar-refractivity contribution in [2.24, 2.45) is 0 Å². The summed E-state index contributed by atoms with van der Waals surface area (Å²) in [6.45, 7) is 6.30. The number of hydrogen-bond acceptors (Lipinski definition) is 5. The molecule has 0 spiro atoms. The van der Waals surface area contributed by atoms with E-state index in [0.29, 0.717) is 37.1 Å². The number of carbonyl (C=O) groups is 2. The molecular weight excluding hydrogens is 412 g/mol. The number of likely N-dealkylation sites (tertiary alicyclic amines) is 1. The molecule has 2 aromatic rings. The largest absolute Gasteiger partial charge is 0.338 e. The van der Waals surface area contributed by atoms with E-state index >= 15 is 0 Å². The number of rotatable bonds is 4. The quantitative estimate of drug-likeness (QED) is 0.721. The Balaban J connectivity index is 1.46. The molecule has 0 radical (unpaired) electrons. The van der Waals surface area contributed by atoms with Crippen LogP contribution in [0.3, 0.4) is 0 Å². The smallest absolute Gasteiger partial charge is 0.253 e. The van der Waals surface area contributed by atoms with Crippen molar-refractivity contribution in [2.45, 2.75) is 32.2 Å². The third-order valence-corrected chi connectivity index (χ3v) is 6.70. The van der Waals surface area contributed by atoms with Crippen molar-refractivity contribution in [1.29, 1.82) is 5.26 Å². The molecule has 0 atom stereocenters. The van der Waals surface area contributed by atoms with Crippen LogP contribution in [0.2, 0.25) is 0 Å². The number of nitrogens with zero attached hydrogens (tertiary/aromatic N) is 4. The van der Waals surface area contributed by atoms with Gasteiger partial charge in [0.05, 0.1) is 11.6 Å². The third-order valence-electron chi connectivity index (χ3n) is 6.70. The fraction of sp³-hybridized carbons (Fsp3) is 0.444. The number of likely N-dealkylation sites (N-methyl/N-ethyl adjacent to an activating group) is 1. The zero-order valence-corrected chi connectivity index (χ0v) is 19.4. The van der Waals surface area contributed by atoms with Crippen LogP contribution < -0.4 is 0 Å². The molecule has 2 aliphatic rings. The number of benzene rings is 2. The Morgan fingerprint density at radius 3 is 2.55 bits per heavy atom. The SMILES string of the molecule is CN1CCCN(Cc2ccc(-c3ccc(C(=O)N4CCCC(=O)CC4)cc3)c(C#N)c2)CC1. The van der Waals surface area contributed by atoms with Crippen LogP contribution in [0, 0.1) is 11.3 Å². The minimum Gasteiger partial charge on any atom is -0.338 e. The second-order valence-corrected chi connectivity index (χ2v) is 9.19. The number of amides is 1. The molecule has 6 nitrogen and oxygen atoms in total. The topological polar surface area (TPSA) is 67.7 Å². The average molecular weight is 445 g/mol. The van der Waals surface area contributed by atoms with Gasteiger partial charge in [0.15, 0.2) is 0 Å². The minimum atomic E-state index is -0.0322. The summed E-state index contributed by atoms with van der Waals surface area (Å²) < 4.78 is 0. The Morgan fingerprint density at radius 2 is 1.76 bits per heavy atom. The lowest BCUT2D eigenvalue weighted by molar-refractivity contribution is -0.118. The Bertz CT molecular complexity index is 1040. The first-order valence-corrected chi connectivity index (χ1v) is 11.9. The Labute approximate surface area is 196 Å². The second kappa shape index (κ2) is 10.7. The van der Waals surface area contributed by atoms with E-state index in [0.717, 1.165) is 55.8 Å². The third kappa shape index (κ3) is 5.87. The van der Waals surface area contributed by atoms with Crippen molar-refractivity contribution in [3.63, 3.8) is 0 Å². The monoisotopic (exact) mass is 444 g/mol. The minimum absolute atomic E-state index is 0.0322. The highest BCUT2D eigenvalue weighted by Gasteiger charge is 2.20. The number of nitriles is 1. The van der Waals surface area contributed by atoms with E-state index in [1.165, 1.54) is 6.42 Å². The molecule has 2 aromatic carbocycles. The van der Waals surface area contributed by atoms with Gasteiger partial charge in [0.25, 0.3) is 5.91 Å². The number of ketones is 1. The van der Waals surface area contributed by atoms with Crippen molar-refractivity contribution in [1.82, 2.24) is 14.7 Å². The first kappa shape index (κ1) is 23.2. The van der Waals surface area contributed by atoms with Crippen molar-refractivity contribution in [3.05, 3.63) is 59.2 Å². The van der Waals surface area contributed by atoms with Crippen LogP contribution in [0.4, 0.5) is 0 Å². The Kier molecular flexibility index (Phi) is 7.54. The molecule has 2 fully saturated rings. The fourth-order valence-corrected chi connectivity index (χ4v) is 4.69. The molecule has 2 aliphatic heterocycles. The van der Waals surface area contributed by atoms with Crippen molar-refractivity contribution < 1.29 is 9.59 Å². The Hall–Kier alpha value is -3.01. The predicted molar refractivity (Wildman–Crippen MR) is 129 cm³/mol. The van der Waals surface area contributed by atoms with E-state index in [2.05, 4.69) is 29.0 Å². The lowest BCUT2D eigenvalue weighted by Gasteiger charge is -2.21. The summed E-state index contributed by atoms with van der Waals surface area (Å²) in [7, 11) is 2.17. The average Bonchev–Trinajstić information content (AvgIpc) is 3.18. The molecular formula is C27H32N4O2. The van der Waals surface area contributed by atoms with Gasteiger partial charge in [-0.15, -0.1) is 0 Å². The highest BCUT2D eigenvalue weighted by atomic mass is 16.2. The first-order valence-electron chi connectivity index (χ1n) is 11.9. The van der Waals surface area contributed by atoms with Gasteiger partial charge in [0, 0.05) is 51.1 Å². The van der Waals surface area contributed by atoms with Gasteiger partial charge >= 0.3 is 0 Å². The summed E-state index contributed by atoms with van der Waals surface area (Å²) >= 11 is 0. The maximum atomic E-state index is 12.9. The van der Waals surface area contributed by atoms with Crippen molar-refractivity contribution >= 4 is 11.7 Å². The molecule has 0 aliphatic carbocycles. The van der Waals surface area contributed by atoms with E-state index in [9.17, 15) is 14.9 Å². The van der Waals surface area contributed by atoms with Crippen LogP contribution in [-0.2, 0) is 11.3 Å². The van der Waals surface area contributed by atoms with Crippen LogP contribution in [0.15, 0.2) is 42.5 Å². The number of Topliss-reactive ketones (excluding diaryl/α,β-unsaturated/α-hetero) is 1. The first-order chi connectivity index (χ1) is 16.0. The molecule has 0 saturated carbocycles. The molecule has 2 saturated heterocycles. The van der Waals surface area contributed by atoms with Gasteiger partial charge in [-0.05, 0) is 67.9 Å². The van der Waals surface area contributed by atoms with Gasteiger partial charge in [0.1, 0.15) is 5.78 Å². The van der Waals surface area contributed by atoms with E-state index in [-0.39, 0.29) is 11.7 Å². The van der Waals surface area contributed by atoms with Crippen LogP contribution in [-0.4, -0.2) is 72.7 Å². The summed E-state index contributed by atoms with van der Waals surface area (Å²) in [5.41, 5.74) is 4.24. The highest BCUT2D eigenvalue weighted by Crippen LogP contribution is 2.26. The van der Waals surface area contributed by atoms with Crippen molar-refractivity contribution in [2.75, 3.05) is 46.3 Å². The molecule has 33 heavy (non-hydrogen) atoms. The van der Waals surface area contributed by atoms with E-state index < -0.39 is 0 Å². The van der Waals surface area contributed by atoms with E-state index in [4.69, 9.17) is 0 Å². The van der Waals surface area contributed by atoms with Gasteiger partial charge in [-0.2, -0.15) is 5.26 Å². The lowest BCUT2D eigenvalue weighted by Crippen LogP contribution is -2.32. The number of carbonyl (C=O) groups excluding carboxylic acids is 2. The van der Waals surface area contributed by atoms with Crippen LogP contribution in [0.5, 0.6) is 0 Å². The molecule has 4 rings (SSSR count). The molecule has 0 unspecified atom stereocenters. The molecule has 6 heteroatoms. The summed E-state index contributed by atoms with van der Waals surface area (Å²) in [5, 5.41) is 9.79. The van der Waals surface area contributed by atoms with Crippen molar-refractivity contribution in [3.8, 4) is 17.2 Å². The summed E-state index contributed by atoms with van der Waals surface area (Å²) in [5.74, 6) is 0.200. The molecule has 172 valence electrons. The van der Waals surface area contributed by atoms with Gasteiger partial charge in [0.2, 0.25) is 0 Å². The van der Waals surface area contributed by atoms with Crippen LogP contribution >= 0.6 is 0 Å². The van der Waals surface area contributed by atoms with Gasteiger partial charge in [-0.3, -0.25) is 14.5 Å². The second-order valence-electron chi connectivity index (χ2n) is 9.19. The molecule has 0 aromatic heterocycles. The standard InChI is InChI=1S/C27H32N4O2/c1-29-12-3-13-30(17-16-29)20-21-5-10-26(24(18-21)19-28)22-6-8-23(9-7-22)27(33)31-14-2-4-25(32)11-15-31/h5-10,18H,2-4,11-17,20H2,1H3. The molecule has 1 amide bonds. The predicted octanol–water partition coefficient (Wildman–Crippen LogP) is 3.56. The zero-order valence-electron chi connectivity index (χ0n) is 19.4. The summed E-state index contributed by atoms with van der Waals surface area (Å²) in [6, 6.07) is 16.0. The molecule has 0 N–H and O–H groups in total. The van der Waals surface area contributed by atoms with E-state index in [1.807, 2.05) is 36.4 Å². The maximum Gasteiger partial charge on any atom is 0.253 e. The van der Waals surface area contributed by atoms with Crippen LogP contribution in [0.1, 0.15) is 47.2 Å². The van der Waals surface area contributed by atoms with E-state index in [1.54, 1.807) is 4.90 Å². The summed E-state index contributed by atoms with van der Waals surface area (Å²) in [6.07, 6.45) is 2.90. The Morgan fingerprint density at radius 1 is 0.939 bits per heavy atom. The highest BCUT2D eigenvalue weighted by molar-refractivity contribution is 5.95. The molecule has 0 bridgehead atoms. The summed E-state index contributed by atoms with van der Waals surface area (Å²) in [4.78, 5) is 31.1.